The lowest BCUT2D eigenvalue weighted by Crippen LogP contribution is -2.56. The lowest BCUT2D eigenvalue weighted by atomic mass is 10.1. The van der Waals surface area contributed by atoms with E-state index in [0.29, 0.717) is 19.6 Å². The van der Waals surface area contributed by atoms with Crippen LogP contribution in [0.15, 0.2) is 24.5 Å². The number of carbonyl (C=O) groups excluding carboxylic acids is 2. The van der Waals surface area contributed by atoms with Crippen molar-refractivity contribution in [2.24, 2.45) is 0 Å². The predicted molar refractivity (Wildman–Crippen MR) is 87.5 cm³/mol. The number of rotatable bonds is 7. The van der Waals surface area contributed by atoms with E-state index in [4.69, 9.17) is 0 Å². The summed E-state index contributed by atoms with van der Waals surface area (Å²) in [4.78, 5) is 30.2. The Morgan fingerprint density at radius 1 is 1.59 bits per heavy atom. The standard InChI is InChI=1S/C15H22N4O2S/c1-22-8-6-17-14(20)9-13-15(21)18-5-7-19(13)11-12-3-2-4-16-10-12/h2-4,10,13H,5-9,11H2,1H3,(H,17,20)(H,18,21)/t13-/m0/s1. The van der Waals surface area contributed by atoms with Crippen LogP contribution in [0.3, 0.4) is 0 Å². The van der Waals surface area contributed by atoms with E-state index in [1.807, 2.05) is 23.3 Å². The highest BCUT2D eigenvalue weighted by Gasteiger charge is 2.31. The van der Waals surface area contributed by atoms with Gasteiger partial charge in [0.25, 0.3) is 0 Å². The Bertz CT molecular complexity index is 498. The summed E-state index contributed by atoms with van der Waals surface area (Å²) in [6.07, 6.45) is 5.71. The van der Waals surface area contributed by atoms with Crippen molar-refractivity contribution in [3.63, 3.8) is 0 Å². The van der Waals surface area contributed by atoms with Crippen LogP contribution < -0.4 is 10.6 Å². The van der Waals surface area contributed by atoms with Gasteiger partial charge in [-0.1, -0.05) is 6.07 Å². The normalized spacial score (nSPS) is 18.8. The van der Waals surface area contributed by atoms with Crippen LogP contribution in [0.25, 0.3) is 0 Å². The third-order valence-electron chi connectivity index (χ3n) is 3.56. The topological polar surface area (TPSA) is 74.3 Å². The van der Waals surface area contributed by atoms with Crippen molar-refractivity contribution >= 4 is 23.6 Å². The molecule has 2 rings (SSSR count). The van der Waals surface area contributed by atoms with Gasteiger partial charge in [0.1, 0.15) is 0 Å². The molecular weight excluding hydrogens is 300 g/mol. The van der Waals surface area contributed by atoms with E-state index >= 15 is 0 Å². The van der Waals surface area contributed by atoms with Gasteiger partial charge in [0.15, 0.2) is 0 Å². The minimum Gasteiger partial charge on any atom is -0.355 e. The second-order valence-corrected chi connectivity index (χ2v) is 6.17. The van der Waals surface area contributed by atoms with E-state index < -0.39 is 6.04 Å². The van der Waals surface area contributed by atoms with E-state index in [0.717, 1.165) is 17.9 Å². The molecule has 0 saturated carbocycles. The number of nitrogens with one attached hydrogen (secondary N) is 2. The van der Waals surface area contributed by atoms with Crippen molar-refractivity contribution < 1.29 is 9.59 Å². The molecule has 7 heteroatoms. The summed E-state index contributed by atoms with van der Waals surface area (Å²) in [5.74, 6) is 0.726. The second kappa shape index (κ2) is 8.75. The molecule has 0 unspecified atom stereocenters. The number of pyridine rings is 1. The molecule has 1 atom stereocenters. The first-order chi connectivity index (χ1) is 10.7. The maximum Gasteiger partial charge on any atom is 0.237 e. The maximum absolute atomic E-state index is 12.1. The van der Waals surface area contributed by atoms with E-state index in [1.165, 1.54) is 0 Å². The van der Waals surface area contributed by atoms with Gasteiger partial charge in [-0.25, -0.2) is 0 Å². The Kier molecular flexibility index (Phi) is 6.67. The van der Waals surface area contributed by atoms with Gasteiger partial charge in [0.2, 0.25) is 11.8 Å². The van der Waals surface area contributed by atoms with Gasteiger partial charge in [-0.15, -0.1) is 0 Å². The van der Waals surface area contributed by atoms with Gasteiger partial charge in [0.05, 0.1) is 12.5 Å². The molecule has 1 aromatic heterocycles. The highest BCUT2D eigenvalue weighted by atomic mass is 32.2. The third kappa shape index (κ3) is 4.99. The molecule has 6 nitrogen and oxygen atoms in total. The number of hydrogen-bond acceptors (Lipinski definition) is 5. The molecule has 2 N–H and O–H groups in total. The summed E-state index contributed by atoms with van der Waals surface area (Å²) < 4.78 is 0. The fourth-order valence-electron chi connectivity index (χ4n) is 2.44. The van der Waals surface area contributed by atoms with Crippen molar-refractivity contribution in [1.29, 1.82) is 0 Å². The first-order valence-electron chi connectivity index (χ1n) is 7.37. The summed E-state index contributed by atoms with van der Waals surface area (Å²) in [6.45, 7) is 2.62. The third-order valence-corrected chi connectivity index (χ3v) is 4.17. The fourth-order valence-corrected chi connectivity index (χ4v) is 2.75. The molecule has 120 valence electrons. The minimum atomic E-state index is -0.414. The number of aromatic nitrogens is 1. The van der Waals surface area contributed by atoms with Gasteiger partial charge >= 0.3 is 0 Å². The van der Waals surface area contributed by atoms with Gasteiger partial charge in [-0.2, -0.15) is 11.8 Å². The highest BCUT2D eigenvalue weighted by Crippen LogP contribution is 2.13. The van der Waals surface area contributed by atoms with E-state index in [-0.39, 0.29) is 18.2 Å². The molecule has 1 aliphatic heterocycles. The molecule has 2 amide bonds. The molecule has 2 heterocycles. The van der Waals surface area contributed by atoms with Crippen molar-refractivity contribution in [2.75, 3.05) is 31.6 Å². The zero-order valence-corrected chi connectivity index (χ0v) is 13.6. The monoisotopic (exact) mass is 322 g/mol. The van der Waals surface area contributed by atoms with E-state index in [1.54, 1.807) is 24.2 Å². The Morgan fingerprint density at radius 3 is 3.18 bits per heavy atom. The molecule has 1 saturated heterocycles. The Balaban J connectivity index is 1.94. The summed E-state index contributed by atoms with van der Waals surface area (Å²) in [6, 6.07) is 3.45. The summed E-state index contributed by atoms with van der Waals surface area (Å²) in [7, 11) is 0. The molecule has 0 radical (unpaired) electrons. The second-order valence-electron chi connectivity index (χ2n) is 5.19. The predicted octanol–water partition coefficient (Wildman–Crippen LogP) is 0.251. The molecule has 1 fully saturated rings. The van der Waals surface area contributed by atoms with Crippen LogP contribution in [0.4, 0.5) is 0 Å². The first-order valence-corrected chi connectivity index (χ1v) is 8.76. The van der Waals surface area contributed by atoms with Crippen molar-refractivity contribution in [3.05, 3.63) is 30.1 Å². The molecule has 0 aliphatic carbocycles. The SMILES string of the molecule is CSCCNC(=O)C[C@H]1C(=O)NCCN1Cc1cccnc1. The highest BCUT2D eigenvalue weighted by molar-refractivity contribution is 7.98. The molecule has 22 heavy (non-hydrogen) atoms. The number of hydrogen-bond donors (Lipinski definition) is 2. The van der Waals surface area contributed by atoms with Crippen molar-refractivity contribution in [3.8, 4) is 0 Å². The van der Waals surface area contributed by atoms with E-state index in [9.17, 15) is 9.59 Å². The van der Waals surface area contributed by atoms with Crippen molar-refractivity contribution in [2.45, 2.75) is 19.0 Å². The lowest BCUT2D eigenvalue weighted by Gasteiger charge is -2.34. The Morgan fingerprint density at radius 2 is 2.45 bits per heavy atom. The molecule has 0 aromatic carbocycles. The maximum atomic E-state index is 12.1. The van der Waals surface area contributed by atoms with Gasteiger partial charge in [-0.05, 0) is 17.9 Å². The minimum absolute atomic E-state index is 0.0739. The average Bonchev–Trinajstić information content (AvgIpc) is 2.52. The van der Waals surface area contributed by atoms with Crippen LogP contribution in [0.5, 0.6) is 0 Å². The van der Waals surface area contributed by atoms with E-state index in [2.05, 4.69) is 15.6 Å². The smallest absolute Gasteiger partial charge is 0.237 e. The lowest BCUT2D eigenvalue weighted by molar-refractivity contribution is -0.134. The quantitative estimate of drug-likeness (QED) is 0.704. The molecule has 0 bridgehead atoms. The molecule has 0 spiro atoms. The van der Waals surface area contributed by atoms with Gasteiger partial charge < -0.3 is 10.6 Å². The largest absolute Gasteiger partial charge is 0.355 e. The fraction of sp³-hybridized carbons (Fsp3) is 0.533. The number of thioether (sulfide) groups is 1. The molecule has 1 aliphatic rings. The van der Waals surface area contributed by atoms with Crippen LogP contribution in [0, 0.1) is 0 Å². The van der Waals surface area contributed by atoms with Crippen LogP contribution in [0.2, 0.25) is 0 Å². The van der Waals surface area contributed by atoms with Crippen LogP contribution >= 0.6 is 11.8 Å². The zero-order chi connectivity index (χ0) is 15.8. The zero-order valence-electron chi connectivity index (χ0n) is 12.7. The summed E-state index contributed by atoms with van der Waals surface area (Å²) in [5.41, 5.74) is 1.05. The van der Waals surface area contributed by atoms with Crippen LogP contribution in [-0.2, 0) is 16.1 Å². The molecule has 1 aromatic rings. The number of piperazine rings is 1. The first kappa shape index (κ1) is 16.8. The van der Waals surface area contributed by atoms with Crippen LogP contribution in [0.1, 0.15) is 12.0 Å². The summed E-state index contributed by atoms with van der Waals surface area (Å²) >= 11 is 1.68. The van der Waals surface area contributed by atoms with Gasteiger partial charge in [-0.3, -0.25) is 19.5 Å². The average molecular weight is 322 g/mol. The number of carbonyl (C=O) groups is 2. The number of amides is 2. The summed E-state index contributed by atoms with van der Waals surface area (Å²) in [5, 5.41) is 5.70. The Hall–Kier alpha value is -1.60. The number of nitrogens with zero attached hydrogens (tertiary/aromatic N) is 2. The molecular formula is C15H22N4O2S. The van der Waals surface area contributed by atoms with Crippen LogP contribution in [-0.4, -0.2) is 59.4 Å². The van der Waals surface area contributed by atoms with Crippen molar-refractivity contribution in [1.82, 2.24) is 20.5 Å². The Labute approximate surface area is 135 Å². The van der Waals surface area contributed by atoms with Gasteiger partial charge in [0, 0.05) is 44.3 Å².